The number of benzene rings is 1. The third-order valence-electron chi connectivity index (χ3n) is 2.28. The molecule has 78 valence electrons. The monoisotopic (exact) mass is 221 g/mol. The van der Waals surface area contributed by atoms with E-state index in [-0.39, 0.29) is 6.04 Å². The average Bonchev–Trinajstić information content (AvgIpc) is 2.65. The second kappa shape index (κ2) is 4.04. The normalized spacial score (nSPS) is 12.7. The van der Waals surface area contributed by atoms with Crippen LogP contribution in [-0.2, 0) is 7.05 Å². The Labute approximate surface area is 93.5 Å². The molecule has 2 aromatic rings. The van der Waals surface area contributed by atoms with E-state index >= 15 is 0 Å². The largest absolute Gasteiger partial charge is 0.319 e. The highest BCUT2D eigenvalue weighted by atomic mass is 35.5. The van der Waals surface area contributed by atoms with Crippen LogP contribution in [0.2, 0.25) is 5.02 Å². The van der Waals surface area contributed by atoms with Gasteiger partial charge in [-0.1, -0.05) is 23.7 Å². The molecular weight excluding hydrogens is 210 g/mol. The van der Waals surface area contributed by atoms with Crippen LogP contribution in [0.5, 0.6) is 0 Å². The van der Waals surface area contributed by atoms with Gasteiger partial charge in [0.25, 0.3) is 0 Å². The van der Waals surface area contributed by atoms with Crippen LogP contribution in [0.3, 0.4) is 0 Å². The lowest BCUT2D eigenvalue weighted by atomic mass is 10.1. The summed E-state index contributed by atoms with van der Waals surface area (Å²) in [7, 11) is 1.87. The molecule has 0 bridgehead atoms. The summed E-state index contributed by atoms with van der Waals surface area (Å²) in [6.45, 7) is 0. The molecule has 0 spiro atoms. The van der Waals surface area contributed by atoms with E-state index in [1.807, 2.05) is 43.6 Å². The molecule has 0 radical (unpaired) electrons. The third kappa shape index (κ3) is 2.19. The van der Waals surface area contributed by atoms with Gasteiger partial charge in [-0.3, -0.25) is 4.68 Å². The van der Waals surface area contributed by atoms with E-state index in [1.165, 1.54) is 0 Å². The minimum atomic E-state index is -0.191. The average molecular weight is 222 g/mol. The number of rotatable bonds is 2. The maximum atomic E-state index is 6.06. The standard InChI is InChI=1S/C11H12ClN3/c1-15-7-6-10(14-15)11(13)8-2-4-9(12)5-3-8/h2-7,11H,13H2,1H3/t11-/m0/s1. The molecule has 4 heteroatoms. The van der Waals surface area contributed by atoms with Crippen LogP contribution in [0.1, 0.15) is 17.3 Å². The molecule has 1 atom stereocenters. The molecule has 1 aromatic heterocycles. The molecule has 2 rings (SSSR count). The highest BCUT2D eigenvalue weighted by molar-refractivity contribution is 6.30. The number of nitrogens with zero attached hydrogens (tertiary/aromatic N) is 2. The maximum absolute atomic E-state index is 6.06. The van der Waals surface area contributed by atoms with Gasteiger partial charge >= 0.3 is 0 Å². The summed E-state index contributed by atoms with van der Waals surface area (Å²) in [4.78, 5) is 0. The number of hydrogen-bond acceptors (Lipinski definition) is 2. The quantitative estimate of drug-likeness (QED) is 0.844. The molecule has 1 heterocycles. The lowest BCUT2D eigenvalue weighted by molar-refractivity contribution is 0.716. The first-order chi connectivity index (χ1) is 7.16. The van der Waals surface area contributed by atoms with Crippen molar-refractivity contribution >= 4 is 11.6 Å². The molecule has 0 amide bonds. The number of halogens is 1. The van der Waals surface area contributed by atoms with Gasteiger partial charge < -0.3 is 5.73 Å². The van der Waals surface area contributed by atoms with E-state index in [1.54, 1.807) is 4.68 Å². The van der Waals surface area contributed by atoms with Gasteiger partial charge in [0.1, 0.15) is 0 Å². The zero-order chi connectivity index (χ0) is 10.8. The van der Waals surface area contributed by atoms with Gasteiger partial charge in [0.15, 0.2) is 0 Å². The third-order valence-corrected chi connectivity index (χ3v) is 2.53. The number of aromatic nitrogens is 2. The smallest absolute Gasteiger partial charge is 0.0837 e. The fourth-order valence-corrected chi connectivity index (χ4v) is 1.57. The van der Waals surface area contributed by atoms with Crippen molar-refractivity contribution < 1.29 is 0 Å². The fourth-order valence-electron chi connectivity index (χ4n) is 1.44. The van der Waals surface area contributed by atoms with Gasteiger partial charge in [0.2, 0.25) is 0 Å². The molecule has 0 saturated carbocycles. The molecule has 0 unspecified atom stereocenters. The topological polar surface area (TPSA) is 43.8 Å². The second-order valence-corrected chi connectivity index (χ2v) is 3.88. The second-order valence-electron chi connectivity index (χ2n) is 3.44. The van der Waals surface area contributed by atoms with Crippen LogP contribution >= 0.6 is 11.6 Å². The van der Waals surface area contributed by atoms with Crippen molar-refractivity contribution in [3.8, 4) is 0 Å². The van der Waals surface area contributed by atoms with E-state index in [9.17, 15) is 0 Å². The number of aryl methyl sites for hydroxylation is 1. The first-order valence-corrected chi connectivity index (χ1v) is 5.05. The van der Waals surface area contributed by atoms with Crippen molar-refractivity contribution in [1.82, 2.24) is 9.78 Å². The van der Waals surface area contributed by atoms with E-state index in [0.717, 1.165) is 11.3 Å². The first kappa shape index (κ1) is 10.2. The van der Waals surface area contributed by atoms with Crippen molar-refractivity contribution in [2.45, 2.75) is 6.04 Å². The van der Waals surface area contributed by atoms with Crippen LogP contribution in [-0.4, -0.2) is 9.78 Å². The summed E-state index contributed by atoms with van der Waals surface area (Å²) in [5.41, 5.74) is 7.93. The Morgan fingerprint density at radius 1 is 1.27 bits per heavy atom. The van der Waals surface area contributed by atoms with E-state index in [4.69, 9.17) is 17.3 Å². The van der Waals surface area contributed by atoms with Crippen molar-refractivity contribution in [1.29, 1.82) is 0 Å². The zero-order valence-corrected chi connectivity index (χ0v) is 9.15. The van der Waals surface area contributed by atoms with Gasteiger partial charge in [-0.25, -0.2) is 0 Å². The molecule has 2 N–H and O–H groups in total. The van der Waals surface area contributed by atoms with Crippen molar-refractivity contribution in [3.63, 3.8) is 0 Å². The number of hydrogen-bond donors (Lipinski definition) is 1. The summed E-state index contributed by atoms with van der Waals surface area (Å²) in [6, 6.07) is 9.23. The lowest BCUT2D eigenvalue weighted by Gasteiger charge is -2.08. The van der Waals surface area contributed by atoms with Gasteiger partial charge in [0.05, 0.1) is 11.7 Å². The Kier molecular flexibility index (Phi) is 2.75. The van der Waals surface area contributed by atoms with Crippen molar-refractivity contribution in [3.05, 3.63) is 52.8 Å². The van der Waals surface area contributed by atoms with E-state index < -0.39 is 0 Å². The van der Waals surface area contributed by atoms with Crippen molar-refractivity contribution in [2.24, 2.45) is 12.8 Å². The minimum absolute atomic E-state index is 0.191. The first-order valence-electron chi connectivity index (χ1n) is 4.67. The van der Waals surface area contributed by atoms with Crippen LogP contribution in [0.4, 0.5) is 0 Å². The maximum Gasteiger partial charge on any atom is 0.0837 e. The Morgan fingerprint density at radius 3 is 2.47 bits per heavy atom. The molecule has 0 saturated heterocycles. The van der Waals surface area contributed by atoms with Crippen LogP contribution < -0.4 is 5.73 Å². The molecular formula is C11H12ClN3. The molecule has 0 aliphatic heterocycles. The Hall–Kier alpha value is -1.32. The summed E-state index contributed by atoms with van der Waals surface area (Å²) in [5, 5.41) is 4.98. The highest BCUT2D eigenvalue weighted by Gasteiger charge is 2.10. The Balaban J connectivity index is 2.28. The Bertz CT molecular complexity index is 447. The molecule has 0 aliphatic rings. The van der Waals surface area contributed by atoms with Gasteiger partial charge in [-0.2, -0.15) is 5.10 Å². The highest BCUT2D eigenvalue weighted by Crippen LogP contribution is 2.19. The van der Waals surface area contributed by atoms with Gasteiger partial charge in [0, 0.05) is 18.3 Å². The molecule has 15 heavy (non-hydrogen) atoms. The molecule has 1 aromatic carbocycles. The van der Waals surface area contributed by atoms with Crippen LogP contribution in [0, 0.1) is 0 Å². The summed E-state index contributed by atoms with van der Waals surface area (Å²) in [5.74, 6) is 0. The van der Waals surface area contributed by atoms with Crippen LogP contribution in [0.15, 0.2) is 36.5 Å². The SMILES string of the molecule is Cn1ccc([C@@H](N)c2ccc(Cl)cc2)n1. The molecule has 3 nitrogen and oxygen atoms in total. The summed E-state index contributed by atoms with van der Waals surface area (Å²) >= 11 is 5.81. The van der Waals surface area contributed by atoms with E-state index in [0.29, 0.717) is 5.02 Å². The molecule has 0 aliphatic carbocycles. The number of nitrogens with two attached hydrogens (primary N) is 1. The minimum Gasteiger partial charge on any atom is -0.319 e. The fraction of sp³-hybridized carbons (Fsp3) is 0.182. The van der Waals surface area contributed by atoms with Gasteiger partial charge in [-0.05, 0) is 23.8 Å². The summed E-state index contributed by atoms with van der Waals surface area (Å²) in [6.07, 6.45) is 1.88. The Morgan fingerprint density at radius 2 is 1.93 bits per heavy atom. The van der Waals surface area contributed by atoms with Crippen molar-refractivity contribution in [2.75, 3.05) is 0 Å². The molecule has 0 fully saturated rings. The van der Waals surface area contributed by atoms with E-state index in [2.05, 4.69) is 5.10 Å². The predicted molar refractivity (Wildman–Crippen MR) is 60.7 cm³/mol. The van der Waals surface area contributed by atoms with Crippen LogP contribution in [0.25, 0.3) is 0 Å². The predicted octanol–water partition coefficient (Wildman–Crippen LogP) is 2.12. The van der Waals surface area contributed by atoms with Gasteiger partial charge in [-0.15, -0.1) is 0 Å². The zero-order valence-electron chi connectivity index (χ0n) is 8.39. The summed E-state index contributed by atoms with van der Waals surface area (Å²) < 4.78 is 1.74. The lowest BCUT2D eigenvalue weighted by Crippen LogP contribution is -2.12.